The fourth-order valence-corrected chi connectivity index (χ4v) is 4.52. The quantitative estimate of drug-likeness (QED) is 0.399. The summed E-state index contributed by atoms with van der Waals surface area (Å²) in [5.41, 5.74) is 11.6. The van der Waals surface area contributed by atoms with E-state index in [1.165, 1.54) is 0 Å². The van der Waals surface area contributed by atoms with Gasteiger partial charge in [0.15, 0.2) is 11.5 Å². The van der Waals surface area contributed by atoms with Crippen LogP contribution in [0.25, 0.3) is 22.4 Å². The van der Waals surface area contributed by atoms with Gasteiger partial charge < -0.3 is 24.7 Å². The Hall–Kier alpha value is -4.90. The van der Waals surface area contributed by atoms with Crippen molar-refractivity contribution in [3.8, 4) is 51.6 Å². The number of ether oxygens (including phenoxy) is 4. The molecule has 0 saturated carbocycles. The van der Waals surface area contributed by atoms with Crippen molar-refractivity contribution < 1.29 is 18.9 Å². The zero-order valence-electron chi connectivity index (χ0n) is 20.0. The normalized spacial score (nSPS) is 14.4. The fraction of sp³-hybridized carbons (Fsp3) is 0.143. The van der Waals surface area contributed by atoms with Gasteiger partial charge in [-0.25, -0.2) is 0 Å². The molecule has 3 N–H and O–H groups in total. The standard InChI is InChI=1S/C28H24N4O4/c1-33-21-13-19(14-22(34-2)26(21)35-3)25-24-23(20(15-29)27(30)36-28(24)32-31-25)18-11-9-17(10-12-18)16-7-5-4-6-8-16/h4-14,23H,30H2,1-3H3,(H,31,32)/t23-/m1/s1. The predicted octanol–water partition coefficient (Wildman–Crippen LogP) is 4.99. The molecule has 1 aliphatic heterocycles. The molecular formula is C28H24N4O4. The van der Waals surface area contributed by atoms with Crippen LogP contribution >= 0.6 is 0 Å². The lowest BCUT2D eigenvalue weighted by atomic mass is 9.82. The Morgan fingerprint density at radius 3 is 2.11 bits per heavy atom. The van der Waals surface area contributed by atoms with Crippen LogP contribution in [-0.2, 0) is 0 Å². The topological polar surface area (TPSA) is 115 Å². The third-order valence-electron chi connectivity index (χ3n) is 6.24. The summed E-state index contributed by atoms with van der Waals surface area (Å²) >= 11 is 0. The summed E-state index contributed by atoms with van der Waals surface area (Å²) in [5.74, 6) is 1.31. The summed E-state index contributed by atoms with van der Waals surface area (Å²) < 4.78 is 22.3. The predicted molar refractivity (Wildman–Crippen MR) is 135 cm³/mol. The second kappa shape index (κ2) is 9.39. The molecule has 1 aromatic heterocycles. The molecule has 1 aliphatic rings. The number of nitrogens with one attached hydrogen (secondary N) is 1. The number of nitriles is 1. The Kier molecular flexibility index (Phi) is 5.97. The number of methoxy groups -OCH3 is 3. The number of benzene rings is 3. The van der Waals surface area contributed by atoms with Crippen LogP contribution in [0, 0.1) is 11.3 Å². The van der Waals surface area contributed by atoms with Crippen molar-refractivity contribution in [2.45, 2.75) is 5.92 Å². The van der Waals surface area contributed by atoms with Crippen molar-refractivity contribution >= 4 is 0 Å². The molecule has 180 valence electrons. The molecule has 0 amide bonds. The zero-order chi connectivity index (χ0) is 25.2. The Labute approximate surface area is 208 Å². The van der Waals surface area contributed by atoms with E-state index in [2.05, 4.69) is 28.4 Å². The monoisotopic (exact) mass is 480 g/mol. The molecule has 8 heteroatoms. The highest BCUT2D eigenvalue weighted by Gasteiger charge is 2.36. The maximum atomic E-state index is 10.0. The van der Waals surface area contributed by atoms with E-state index in [9.17, 15) is 5.26 Å². The minimum atomic E-state index is -0.489. The van der Waals surface area contributed by atoms with Gasteiger partial charge in [-0.3, -0.25) is 5.10 Å². The van der Waals surface area contributed by atoms with Crippen LogP contribution in [0.4, 0.5) is 0 Å². The fourth-order valence-electron chi connectivity index (χ4n) is 4.52. The van der Waals surface area contributed by atoms with Gasteiger partial charge in [-0.1, -0.05) is 54.6 Å². The van der Waals surface area contributed by atoms with Crippen LogP contribution in [0.5, 0.6) is 23.1 Å². The number of rotatable bonds is 6. The summed E-state index contributed by atoms with van der Waals surface area (Å²) in [5, 5.41) is 17.4. The highest BCUT2D eigenvalue weighted by atomic mass is 16.5. The number of nitrogens with zero attached hydrogens (tertiary/aromatic N) is 2. The van der Waals surface area contributed by atoms with Crippen molar-refractivity contribution in [1.82, 2.24) is 10.2 Å². The second-order valence-electron chi connectivity index (χ2n) is 8.14. The van der Waals surface area contributed by atoms with Crippen LogP contribution in [-0.4, -0.2) is 31.5 Å². The first-order valence-corrected chi connectivity index (χ1v) is 11.2. The van der Waals surface area contributed by atoms with Gasteiger partial charge in [0.05, 0.1) is 38.5 Å². The molecule has 0 radical (unpaired) electrons. The summed E-state index contributed by atoms with van der Waals surface area (Å²) in [6.07, 6.45) is 0. The number of hydrogen-bond acceptors (Lipinski definition) is 7. The van der Waals surface area contributed by atoms with Crippen LogP contribution in [0.3, 0.4) is 0 Å². The van der Waals surface area contributed by atoms with Crippen LogP contribution in [0.2, 0.25) is 0 Å². The van der Waals surface area contributed by atoms with Crippen molar-refractivity contribution in [2.75, 3.05) is 21.3 Å². The Balaban J connectivity index is 1.66. The molecule has 36 heavy (non-hydrogen) atoms. The molecule has 5 rings (SSSR count). The first-order valence-electron chi connectivity index (χ1n) is 11.2. The lowest BCUT2D eigenvalue weighted by molar-refractivity contribution is 0.324. The average Bonchev–Trinajstić information content (AvgIpc) is 3.35. The van der Waals surface area contributed by atoms with Gasteiger partial charge >= 0.3 is 0 Å². The molecular weight excluding hydrogens is 456 g/mol. The highest BCUT2D eigenvalue weighted by molar-refractivity contribution is 5.75. The maximum Gasteiger partial charge on any atom is 0.244 e. The number of nitrogens with two attached hydrogens (primary N) is 1. The molecule has 4 aromatic rings. The van der Waals surface area contributed by atoms with E-state index in [-0.39, 0.29) is 5.88 Å². The molecule has 1 atom stereocenters. The SMILES string of the molecule is COc1cc(-c2[nH]nc3c2[C@H](c2ccc(-c4ccccc4)cc2)C(C#N)=C(N)O3)cc(OC)c1OC. The van der Waals surface area contributed by atoms with E-state index in [1.807, 2.05) is 54.6 Å². The molecule has 3 aromatic carbocycles. The van der Waals surface area contributed by atoms with Gasteiger partial charge in [-0.2, -0.15) is 5.26 Å². The highest BCUT2D eigenvalue weighted by Crippen LogP contribution is 2.48. The number of H-pyrrole nitrogens is 1. The van der Waals surface area contributed by atoms with Gasteiger partial charge in [0.25, 0.3) is 0 Å². The molecule has 0 unspecified atom stereocenters. The summed E-state index contributed by atoms with van der Waals surface area (Å²) in [6, 6.07) is 24.0. The van der Waals surface area contributed by atoms with Crippen molar-refractivity contribution in [3.05, 3.63) is 89.3 Å². The zero-order valence-corrected chi connectivity index (χ0v) is 20.0. The van der Waals surface area contributed by atoms with E-state index >= 15 is 0 Å². The molecule has 2 heterocycles. The summed E-state index contributed by atoms with van der Waals surface area (Å²) in [7, 11) is 4.66. The average molecular weight is 481 g/mol. The number of aromatic amines is 1. The molecule has 0 saturated heterocycles. The molecule has 0 spiro atoms. The van der Waals surface area contributed by atoms with Gasteiger partial charge in [0.2, 0.25) is 17.5 Å². The smallest absolute Gasteiger partial charge is 0.244 e. The number of hydrogen-bond donors (Lipinski definition) is 2. The molecule has 0 fully saturated rings. The van der Waals surface area contributed by atoms with Crippen molar-refractivity contribution in [2.24, 2.45) is 5.73 Å². The third-order valence-corrected chi connectivity index (χ3v) is 6.24. The Bertz CT molecular complexity index is 1460. The van der Waals surface area contributed by atoms with E-state index in [0.29, 0.717) is 40.0 Å². The summed E-state index contributed by atoms with van der Waals surface area (Å²) in [6.45, 7) is 0. The Morgan fingerprint density at radius 1 is 0.889 bits per heavy atom. The summed E-state index contributed by atoms with van der Waals surface area (Å²) in [4.78, 5) is 0. The minimum Gasteiger partial charge on any atom is -0.493 e. The van der Waals surface area contributed by atoms with Gasteiger partial charge in [-0.15, -0.1) is 5.10 Å². The van der Waals surface area contributed by atoms with Gasteiger partial charge in [-0.05, 0) is 28.8 Å². The van der Waals surface area contributed by atoms with Gasteiger partial charge in [0, 0.05) is 5.56 Å². The maximum absolute atomic E-state index is 10.0. The van der Waals surface area contributed by atoms with E-state index in [1.54, 1.807) is 21.3 Å². The van der Waals surface area contributed by atoms with Crippen LogP contribution in [0.15, 0.2) is 78.2 Å². The lowest BCUT2D eigenvalue weighted by Gasteiger charge is -2.24. The molecule has 0 bridgehead atoms. The third kappa shape index (κ3) is 3.77. The van der Waals surface area contributed by atoms with Crippen molar-refractivity contribution in [1.29, 1.82) is 5.26 Å². The van der Waals surface area contributed by atoms with Crippen LogP contribution in [0.1, 0.15) is 17.0 Å². The number of allylic oxidation sites excluding steroid dienone is 1. The van der Waals surface area contributed by atoms with E-state index < -0.39 is 5.92 Å². The number of aromatic nitrogens is 2. The number of fused-ring (bicyclic) bond motifs is 1. The molecule has 8 nitrogen and oxygen atoms in total. The molecule has 0 aliphatic carbocycles. The van der Waals surface area contributed by atoms with Crippen molar-refractivity contribution in [3.63, 3.8) is 0 Å². The Morgan fingerprint density at radius 2 is 1.53 bits per heavy atom. The minimum absolute atomic E-state index is 0.0325. The van der Waals surface area contributed by atoms with Crippen LogP contribution < -0.4 is 24.7 Å². The van der Waals surface area contributed by atoms with E-state index in [0.717, 1.165) is 22.3 Å². The first kappa shape index (κ1) is 22.9. The second-order valence-corrected chi connectivity index (χ2v) is 8.14. The largest absolute Gasteiger partial charge is 0.493 e. The van der Waals surface area contributed by atoms with Gasteiger partial charge in [0.1, 0.15) is 11.6 Å². The first-order chi connectivity index (χ1) is 17.6. The lowest BCUT2D eigenvalue weighted by Crippen LogP contribution is -2.21. The van der Waals surface area contributed by atoms with E-state index in [4.69, 9.17) is 24.7 Å².